The van der Waals surface area contributed by atoms with Crippen LogP contribution in [-0.4, -0.2) is 24.5 Å². The largest absolute Gasteiger partial charge is 0.497 e. The molecule has 0 radical (unpaired) electrons. The van der Waals surface area contributed by atoms with E-state index in [0.29, 0.717) is 17.3 Å². The van der Waals surface area contributed by atoms with E-state index in [1.807, 2.05) is 55.5 Å². The Balaban J connectivity index is 1.52. The molecule has 0 atom stereocenters. The van der Waals surface area contributed by atoms with Gasteiger partial charge in [0.2, 0.25) is 0 Å². The third kappa shape index (κ3) is 5.24. The van der Waals surface area contributed by atoms with E-state index in [0.717, 1.165) is 34.7 Å². The molecule has 2 aromatic carbocycles. The molecule has 0 fully saturated rings. The summed E-state index contributed by atoms with van der Waals surface area (Å²) in [5.74, 6) is 0.622. The number of anilines is 2. The summed E-state index contributed by atoms with van der Waals surface area (Å²) in [6.45, 7) is 2.49. The van der Waals surface area contributed by atoms with Gasteiger partial charge in [-0.15, -0.1) is 0 Å². The minimum absolute atomic E-state index is 0.196. The Morgan fingerprint density at radius 2 is 1.82 bits per heavy atom. The van der Waals surface area contributed by atoms with Gasteiger partial charge in [-0.2, -0.15) is 0 Å². The summed E-state index contributed by atoms with van der Waals surface area (Å²) in [5, 5.41) is 6.81. The van der Waals surface area contributed by atoms with E-state index < -0.39 is 0 Å². The van der Waals surface area contributed by atoms with Crippen molar-refractivity contribution in [3.63, 3.8) is 0 Å². The van der Waals surface area contributed by atoms with Crippen LogP contribution in [0, 0.1) is 6.92 Å². The number of halogens is 1. The summed E-state index contributed by atoms with van der Waals surface area (Å²) in [4.78, 5) is 16.5. The van der Waals surface area contributed by atoms with Crippen molar-refractivity contribution in [2.45, 2.75) is 13.3 Å². The molecule has 0 saturated carbocycles. The number of rotatable bonds is 7. The SMILES string of the molecule is COc1ccc(CCNC(=O)c2ccc(Nc3ccc(C)c(Cl)c3)cn2)cc1. The summed E-state index contributed by atoms with van der Waals surface area (Å²) < 4.78 is 5.14. The lowest BCUT2D eigenvalue weighted by Crippen LogP contribution is -2.26. The van der Waals surface area contributed by atoms with Crippen LogP contribution in [-0.2, 0) is 6.42 Å². The van der Waals surface area contributed by atoms with Gasteiger partial charge >= 0.3 is 0 Å². The van der Waals surface area contributed by atoms with Crippen LogP contribution in [0.3, 0.4) is 0 Å². The molecule has 1 heterocycles. The van der Waals surface area contributed by atoms with Gasteiger partial charge in [0.15, 0.2) is 0 Å². The molecule has 6 heteroatoms. The van der Waals surface area contributed by atoms with E-state index >= 15 is 0 Å². The highest BCUT2D eigenvalue weighted by atomic mass is 35.5. The highest BCUT2D eigenvalue weighted by molar-refractivity contribution is 6.31. The zero-order valence-corrected chi connectivity index (χ0v) is 16.6. The second-order valence-electron chi connectivity index (χ2n) is 6.38. The molecule has 1 amide bonds. The molecule has 144 valence electrons. The molecule has 5 nitrogen and oxygen atoms in total. The van der Waals surface area contributed by atoms with Gasteiger partial charge in [-0.25, -0.2) is 4.98 Å². The Labute approximate surface area is 169 Å². The number of nitrogens with zero attached hydrogens (tertiary/aromatic N) is 1. The number of hydrogen-bond donors (Lipinski definition) is 2. The lowest BCUT2D eigenvalue weighted by Gasteiger charge is -2.09. The van der Waals surface area contributed by atoms with E-state index in [1.165, 1.54) is 0 Å². The summed E-state index contributed by atoms with van der Waals surface area (Å²) in [6, 6.07) is 17.1. The number of carbonyl (C=O) groups is 1. The lowest BCUT2D eigenvalue weighted by atomic mass is 10.1. The Morgan fingerprint density at radius 3 is 2.46 bits per heavy atom. The van der Waals surface area contributed by atoms with E-state index in [2.05, 4.69) is 15.6 Å². The Hall–Kier alpha value is -3.05. The van der Waals surface area contributed by atoms with Crippen molar-refractivity contribution in [3.05, 3.63) is 82.6 Å². The van der Waals surface area contributed by atoms with E-state index in [4.69, 9.17) is 16.3 Å². The van der Waals surface area contributed by atoms with E-state index in [9.17, 15) is 4.79 Å². The Bertz CT molecular complexity index is 941. The fourth-order valence-corrected chi connectivity index (χ4v) is 2.82. The standard InChI is InChI=1S/C22H22ClN3O2/c1-15-3-6-17(13-20(15)23)26-18-7-10-21(25-14-18)22(27)24-12-11-16-4-8-19(28-2)9-5-16/h3-10,13-14,26H,11-12H2,1-2H3,(H,24,27). The highest BCUT2D eigenvalue weighted by Crippen LogP contribution is 2.23. The first-order valence-electron chi connectivity index (χ1n) is 8.95. The summed E-state index contributed by atoms with van der Waals surface area (Å²) in [6.07, 6.45) is 2.37. The number of methoxy groups -OCH3 is 1. The second-order valence-corrected chi connectivity index (χ2v) is 6.78. The van der Waals surface area contributed by atoms with Crippen molar-refractivity contribution in [2.75, 3.05) is 19.0 Å². The first kappa shape index (κ1) is 19.7. The second kappa shape index (κ2) is 9.24. The Kier molecular flexibility index (Phi) is 6.50. The van der Waals surface area contributed by atoms with Gasteiger partial charge in [0.25, 0.3) is 5.91 Å². The fourth-order valence-electron chi connectivity index (χ4n) is 2.64. The summed E-state index contributed by atoms with van der Waals surface area (Å²) in [5.41, 5.74) is 4.18. The number of nitrogens with one attached hydrogen (secondary N) is 2. The molecule has 0 spiro atoms. The Morgan fingerprint density at radius 1 is 1.07 bits per heavy atom. The average molecular weight is 396 g/mol. The van der Waals surface area contributed by atoms with Crippen LogP contribution < -0.4 is 15.4 Å². The predicted octanol–water partition coefficient (Wildman–Crippen LogP) is 4.77. The van der Waals surface area contributed by atoms with E-state index in [1.54, 1.807) is 19.4 Å². The molecule has 3 aromatic rings. The monoisotopic (exact) mass is 395 g/mol. The zero-order valence-electron chi connectivity index (χ0n) is 15.8. The first-order chi connectivity index (χ1) is 13.5. The molecule has 3 rings (SSSR count). The number of pyridine rings is 1. The molecule has 28 heavy (non-hydrogen) atoms. The van der Waals surface area contributed by atoms with Gasteiger partial charge in [-0.3, -0.25) is 4.79 Å². The maximum atomic E-state index is 12.3. The minimum Gasteiger partial charge on any atom is -0.497 e. The van der Waals surface area contributed by atoms with E-state index in [-0.39, 0.29) is 5.91 Å². The third-order valence-electron chi connectivity index (χ3n) is 4.31. The maximum absolute atomic E-state index is 12.3. The van der Waals surface area contributed by atoms with Crippen molar-refractivity contribution in [3.8, 4) is 5.75 Å². The number of amides is 1. The van der Waals surface area contributed by atoms with Crippen molar-refractivity contribution in [2.24, 2.45) is 0 Å². The van der Waals surface area contributed by atoms with Gasteiger partial charge in [0.1, 0.15) is 11.4 Å². The quantitative estimate of drug-likeness (QED) is 0.605. The van der Waals surface area contributed by atoms with Crippen LogP contribution in [0.4, 0.5) is 11.4 Å². The lowest BCUT2D eigenvalue weighted by molar-refractivity contribution is 0.0949. The van der Waals surface area contributed by atoms with Gasteiger partial charge in [-0.05, 0) is 60.9 Å². The number of benzene rings is 2. The van der Waals surface area contributed by atoms with Crippen molar-refractivity contribution in [1.29, 1.82) is 0 Å². The van der Waals surface area contributed by atoms with Crippen LogP contribution in [0.15, 0.2) is 60.8 Å². The first-order valence-corrected chi connectivity index (χ1v) is 9.33. The molecule has 1 aromatic heterocycles. The molecule has 0 bridgehead atoms. The van der Waals surface area contributed by atoms with Crippen LogP contribution in [0.25, 0.3) is 0 Å². The smallest absolute Gasteiger partial charge is 0.269 e. The minimum atomic E-state index is -0.196. The average Bonchev–Trinajstić information content (AvgIpc) is 2.72. The summed E-state index contributed by atoms with van der Waals surface area (Å²) >= 11 is 6.14. The number of ether oxygens (including phenoxy) is 1. The van der Waals surface area contributed by atoms with Crippen molar-refractivity contribution >= 4 is 28.9 Å². The van der Waals surface area contributed by atoms with Gasteiger partial charge in [-0.1, -0.05) is 29.8 Å². The molecule has 0 saturated heterocycles. The maximum Gasteiger partial charge on any atom is 0.269 e. The van der Waals surface area contributed by atoms with Crippen LogP contribution in [0.2, 0.25) is 5.02 Å². The van der Waals surface area contributed by atoms with Crippen LogP contribution in [0.5, 0.6) is 5.75 Å². The van der Waals surface area contributed by atoms with Gasteiger partial charge < -0.3 is 15.4 Å². The van der Waals surface area contributed by atoms with Crippen molar-refractivity contribution < 1.29 is 9.53 Å². The number of carbonyl (C=O) groups excluding carboxylic acids is 1. The molecule has 0 aliphatic heterocycles. The third-order valence-corrected chi connectivity index (χ3v) is 4.72. The molecule has 0 aliphatic carbocycles. The van der Waals surface area contributed by atoms with Gasteiger partial charge in [0, 0.05) is 17.3 Å². The summed E-state index contributed by atoms with van der Waals surface area (Å²) in [7, 11) is 1.64. The molecule has 0 aliphatic rings. The number of hydrogen-bond acceptors (Lipinski definition) is 4. The molecule has 0 unspecified atom stereocenters. The van der Waals surface area contributed by atoms with Gasteiger partial charge in [0.05, 0.1) is 19.0 Å². The molecule has 2 N–H and O–H groups in total. The topological polar surface area (TPSA) is 63.2 Å². The highest BCUT2D eigenvalue weighted by Gasteiger charge is 2.07. The number of aryl methyl sites for hydroxylation is 1. The zero-order chi connectivity index (χ0) is 19.9. The van der Waals surface area contributed by atoms with Crippen molar-refractivity contribution in [1.82, 2.24) is 10.3 Å². The predicted molar refractivity (Wildman–Crippen MR) is 113 cm³/mol. The van der Waals surface area contributed by atoms with Crippen LogP contribution in [0.1, 0.15) is 21.6 Å². The fraction of sp³-hybridized carbons (Fsp3) is 0.182. The normalized spacial score (nSPS) is 10.4. The molecular formula is C22H22ClN3O2. The number of aromatic nitrogens is 1. The van der Waals surface area contributed by atoms with Crippen LogP contribution >= 0.6 is 11.6 Å². The molecular weight excluding hydrogens is 374 g/mol.